The van der Waals surface area contributed by atoms with E-state index in [9.17, 15) is 29.4 Å². The lowest BCUT2D eigenvalue weighted by Crippen LogP contribution is -2.67. The summed E-state index contributed by atoms with van der Waals surface area (Å²) >= 11 is 0. The van der Waals surface area contributed by atoms with Crippen LogP contribution < -0.4 is 0 Å². The van der Waals surface area contributed by atoms with Gasteiger partial charge in [-0.3, -0.25) is 19.2 Å². The van der Waals surface area contributed by atoms with Crippen molar-refractivity contribution in [2.45, 2.75) is 77.3 Å². The Morgan fingerprint density at radius 3 is 2.20 bits per heavy atom. The first kappa shape index (κ1) is 27.1. The largest absolute Gasteiger partial charge is 0.465 e. The molecule has 41 heavy (non-hydrogen) atoms. The fourth-order valence-electron chi connectivity index (χ4n) is 11.7. The van der Waals surface area contributed by atoms with E-state index in [-0.39, 0.29) is 37.1 Å². The summed E-state index contributed by atoms with van der Waals surface area (Å²) in [6, 6.07) is 9.17. The van der Waals surface area contributed by atoms with Gasteiger partial charge in [0.25, 0.3) is 0 Å². The third-order valence-corrected chi connectivity index (χ3v) is 12.9. The topological polar surface area (TPSA) is 136 Å². The van der Waals surface area contributed by atoms with E-state index in [0.717, 1.165) is 5.56 Å². The van der Waals surface area contributed by atoms with E-state index in [1.165, 1.54) is 13.8 Å². The summed E-state index contributed by atoms with van der Waals surface area (Å²) in [5.41, 5.74) is -6.25. The van der Waals surface area contributed by atoms with Gasteiger partial charge in [0.2, 0.25) is 0 Å². The van der Waals surface area contributed by atoms with E-state index in [0.29, 0.717) is 0 Å². The van der Waals surface area contributed by atoms with Crippen molar-refractivity contribution in [1.82, 2.24) is 0 Å². The van der Waals surface area contributed by atoms with Crippen LogP contribution in [0, 0.1) is 51.8 Å². The number of Topliss-reactive ketones (excluding diaryl/α,β-unsaturated/α-hetero) is 1. The second-order valence-corrected chi connectivity index (χ2v) is 14.5. The molecule has 7 rings (SSSR count). The Morgan fingerprint density at radius 1 is 0.951 bits per heavy atom. The molecule has 6 fully saturated rings. The summed E-state index contributed by atoms with van der Waals surface area (Å²) in [6.07, 6.45) is -0.881. The summed E-state index contributed by atoms with van der Waals surface area (Å²) in [5, 5.41) is 25.0. The third kappa shape index (κ3) is 2.64. The zero-order valence-corrected chi connectivity index (χ0v) is 24.3. The first-order valence-corrected chi connectivity index (χ1v) is 14.6. The minimum Gasteiger partial charge on any atom is -0.465 e. The van der Waals surface area contributed by atoms with Gasteiger partial charge in [-0.15, -0.1) is 0 Å². The molecule has 220 valence electrons. The highest BCUT2D eigenvalue weighted by Crippen LogP contribution is 2.93. The van der Waals surface area contributed by atoms with Crippen LogP contribution in [-0.2, 0) is 39.8 Å². The Kier molecular flexibility index (Phi) is 5.01. The van der Waals surface area contributed by atoms with Crippen LogP contribution in [0.25, 0.3) is 0 Å². The number of rotatable bonds is 6. The molecule has 6 saturated carbocycles. The third-order valence-electron chi connectivity index (χ3n) is 12.9. The van der Waals surface area contributed by atoms with Gasteiger partial charge in [-0.1, -0.05) is 58.0 Å². The molecule has 9 heteroatoms. The molecule has 0 heterocycles. The first-order valence-electron chi connectivity index (χ1n) is 14.6. The highest BCUT2D eigenvalue weighted by molar-refractivity contribution is 6.01. The van der Waals surface area contributed by atoms with E-state index >= 15 is 0 Å². The lowest BCUT2D eigenvalue weighted by molar-refractivity contribution is -0.237. The van der Waals surface area contributed by atoms with Gasteiger partial charge in [-0.25, -0.2) is 0 Å². The van der Waals surface area contributed by atoms with Crippen LogP contribution in [0.5, 0.6) is 0 Å². The van der Waals surface area contributed by atoms with E-state index < -0.39 is 80.7 Å². The molecule has 0 radical (unpaired) electrons. The maximum absolute atomic E-state index is 13.8. The number of hydrogen-bond acceptors (Lipinski definition) is 9. The molecule has 1 aromatic rings. The maximum atomic E-state index is 13.8. The molecule has 6 aliphatic rings. The molecule has 12 atom stereocenters. The predicted octanol–water partition coefficient (Wildman–Crippen LogP) is 2.24. The Labute approximate surface area is 238 Å². The highest BCUT2D eigenvalue weighted by atomic mass is 16.6. The van der Waals surface area contributed by atoms with Crippen LogP contribution in [0.4, 0.5) is 0 Å². The molecule has 1 aromatic carbocycles. The van der Waals surface area contributed by atoms with Gasteiger partial charge < -0.3 is 24.4 Å². The summed E-state index contributed by atoms with van der Waals surface area (Å²) in [5.74, 6) is -4.73. The second kappa shape index (κ2) is 7.59. The minimum atomic E-state index is -1.78. The summed E-state index contributed by atoms with van der Waals surface area (Å²) < 4.78 is 17.9. The molecule has 0 aliphatic heterocycles. The van der Waals surface area contributed by atoms with Crippen LogP contribution in [0.3, 0.4) is 0 Å². The van der Waals surface area contributed by atoms with Crippen molar-refractivity contribution in [2.75, 3.05) is 6.61 Å². The number of esters is 3. The first-order chi connectivity index (χ1) is 19.1. The van der Waals surface area contributed by atoms with Crippen molar-refractivity contribution < 1.29 is 43.6 Å². The fourth-order valence-corrected chi connectivity index (χ4v) is 11.7. The predicted molar refractivity (Wildman–Crippen MR) is 142 cm³/mol. The number of carbonyl (C=O) groups is 4. The monoisotopic (exact) mass is 566 g/mol. The molecule has 0 saturated heterocycles. The van der Waals surface area contributed by atoms with Crippen LogP contribution in [0.2, 0.25) is 0 Å². The summed E-state index contributed by atoms with van der Waals surface area (Å²) in [7, 11) is 0. The van der Waals surface area contributed by atoms with Gasteiger partial charge in [0.1, 0.15) is 11.7 Å². The molecule has 2 bridgehead atoms. The number of hydrogen-bond donors (Lipinski definition) is 2. The molecule has 9 nitrogen and oxygen atoms in total. The smallest absolute Gasteiger partial charge is 0.310 e. The molecule has 0 amide bonds. The number of ketones is 1. The van der Waals surface area contributed by atoms with Gasteiger partial charge in [0.05, 0.1) is 18.6 Å². The summed E-state index contributed by atoms with van der Waals surface area (Å²) in [6.45, 7) is 10.2. The highest BCUT2D eigenvalue weighted by Gasteiger charge is 3.01. The molecule has 3 unspecified atom stereocenters. The Balaban J connectivity index is 1.35. The van der Waals surface area contributed by atoms with Crippen molar-refractivity contribution in [3.63, 3.8) is 0 Å². The van der Waals surface area contributed by atoms with Gasteiger partial charge >= 0.3 is 17.9 Å². The van der Waals surface area contributed by atoms with Crippen LogP contribution >= 0.6 is 0 Å². The van der Waals surface area contributed by atoms with Crippen molar-refractivity contribution in [3.05, 3.63) is 35.9 Å². The van der Waals surface area contributed by atoms with Crippen LogP contribution in [0.1, 0.15) is 53.5 Å². The molecule has 0 spiro atoms. The summed E-state index contributed by atoms with van der Waals surface area (Å²) in [4.78, 5) is 51.8. The lowest BCUT2D eigenvalue weighted by atomic mass is 9.37. The van der Waals surface area contributed by atoms with Crippen molar-refractivity contribution in [1.29, 1.82) is 0 Å². The van der Waals surface area contributed by atoms with Crippen LogP contribution in [-0.4, -0.2) is 63.4 Å². The van der Waals surface area contributed by atoms with E-state index in [2.05, 4.69) is 0 Å². The SMILES string of the molecule is CC(=O)OCC12C[C@]3(O)C(=O)C1(C)C1[C@@H]2[C@@H]2[C@@H]4C(C)(C)[C@]4(OC(C)=O)[C@@H](OC(=O)Cc4ccccc4)[C@H](C)[C@@]2(O)[C@@H]13. The van der Waals surface area contributed by atoms with E-state index in [1.807, 2.05) is 51.1 Å². The van der Waals surface area contributed by atoms with Crippen LogP contribution in [0.15, 0.2) is 30.3 Å². The average Bonchev–Trinajstić information content (AvgIpc) is 3.11. The Bertz CT molecular complexity index is 1400. The number of benzene rings is 1. The number of fused-ring (bicyclic) bond motifs is 8. The van der Waals surface area contributed by atoms with Gasteiger partial charge in [-0.05, 0) is 29.7 Å². The normalized spacial score (nSPS) is 50.3. The Morgan fingerprint density at radius 2 is 1.61 bits per heavy atom. The zero-order valence-electron chi connectivity index (χ0n) is 24.3. The van der Waals surface area contributed by atoms with Crippen molar-refractivity contribution >= 4 is 23.7 Å². The van der Waals surface area contributed by atoms with Gasteiger partial charge in [0, 0.05) is 47.8 Å². The van der Waals surface area contributed by atoms with Crippen molar-refractivity contribution in [2.24, 2.45) is 51.8 Å². The number of carbonyl (C=O) groups excluding carboxylic acids is 4. The molecular weight excluding hydrogens is 528 g/mol. The average molecular weight is 567 g/mol. The lowest BCUT2D eigenvalue weighted by Gasteiger charge is -2.65. The van der Waals surface area contributed by atoms with E-state index in [4.69, 9.17) is 14.2 Å². The van der Waals surface area contributed by atoms with E-state index in [1.54, 1.807) is 6.92 Å². The molecule has 0 aromatic heterocycles. The molecule has 2 N–H and O–H groups in total. The fraction of sp³-hybridized carbons (Fsp3) is 0.688. The molecular formula is C32H38O9. The maximum Gasteiger partial charge on any atom is 0.310 e. The minimum absolute atomic E-state index is 0.00777. The van der Waals surface area contributed by atoms with Crippen molar-refractivity contribution in [3.8, 4) is 0 Å². The molecule has 6 aliphatic carbocycles. The zero-order chi connectivity index (χ0) is 29.7. The number of aliphatic hydroxyl groups is 2. The van der Waals surface area contributed by atoms with Gasteiger partial charge in [0.15, 0.2) is 11.4 Å². The standard InChI is InChI=1S/C32H38O9/c1-15-25(40-19(35)12-18-10-8-7-9-11-18)32(41-17(3)34)23(27(32,4)5)22-20-21-24(31(15,22)38)30(37)13-29(20,14-39-16(2)33)28(21,6)26(30)36/h7-11,15,20-25,37-38H,12-14H2,1-6H3/t15-,20+,21?,22+,23+,24-,25-,28?,29?,30+,31-,32+/m0/s1. The second-order valence-electron chi connectivity index (χ2n) is 14.5. The Hall–Kier alpha value is -2.78. The number of ether oxygens (including phenoxy) is 3. The quantitative estimate of drug-likeness (QED) is 0.392. The van der Waals surface area contributed by atoms with Gasteiger partial charge in [-0.2, -0.15) is 0 Å².